The molecule has 0 atom stereocenters. The Morgan fingerprint density at radius 1 is 0.0867 bits per heavy atom. The zero-order chi connectivity index (χ0) is 98.3. The minimum absolute atomic E-state index is 0.231. The number of rotatable bonds is 9. The van der Waals surface area contributed by atoms with Gasteiger partial charge in [-0.15, -0.1) is 0 Å². The molecule has 0 aliphatic carbocycles. The zero-order valence-electron chi connectivity index (χ0n) is 80.9. The van der Waals surface area contributed by atoms with E-state index in [1.807, 2.05) is 0 Å². The molecule has 696 valence electrons. The van der Waals surface area contributed by atoms with Gasteiger partial charge >= 0.3 is 909 Å². The Balaban J connectivity index is 0.000000101. The summed E-state index contributed by atoms with van der Waals surface area (Å²) in [5, 5.41) is 40.2. The third-order valence-electron chi connectivity index (χ3n) is 31.5. The van der Waals surface area contributed by atoms with Gasteiger partial charge in [0.15, 0.2) is 0 Å². The average molecular weight is 2290 g/mol. The van der Waals surface area contributed by atoms with Crippen molar-refractivity contribution in [2.45, 2.75) is 0 Å². The van der Waals surface area contributed by atoms with Gasteiger partial charge in [0, 0.05) is 0 Å². The molecule has 6 heteroatoms. The predicted octanol–water partition coefficient (Wildman–Crippen LogP) is 38.6. The van der Waals surface area contributed by atoms with Crippen LogP contribution in [-0.2, 0) is 0 Å². The summed E-state index contributed by atoms with van der Waals surface area (Å²) in [6, 6.07) is 192. The van der Waals surface area contributed by atoms with Crippen molar-refractivity contribution in [1.29, 1.82) is 0 Å². The van der Waals surface area contributed by atoms with Crippen molar-refractivity contribution in [3.8, 4) is 100 Å². The topological polar surface area (TPSA) is 0 Å². The van der Waals surface area contributed by atoms with E-state index in [2.05, 4.69) is 510 Å². The Bertz CT molecular complexity index is 11000. The molecule has 0 amide bonds. The van der Waals surface area contributed by atoms with E-state index < -0.39 is 0 Å². The van der Waals surface area contributed by atoms with Crippen molar-refractivity contribution in [3.63, 3.8) is 0 Å². The van der Waals surface area contributed by atoms with Gasteiger partial charge < -0.3 is 0 Å². The Labute approximate surface area is 900 Å². The summed E-state index contributed by atoms with van der Waals surface area (Å²) in [6.07, 6.45) is 0. The van der Waals surface area contributed by atoms with E-state index in [0.717, 1.165) is 0 Å². The van der Waals surface area contributed by atoms with E-state index in [9.17, 15) is 0 Å². The molecule has 150 heavy (non-hydrogen) atoms. The molecular formula is C144H84Se6. The molecular weight excluding hydrogens is 2200 g/mol. The van der Waals surface area contributed by atoms with Crippen LogP contribution in [0.5, 0.6) is 0 Å². The summed E-state index contributed by atoms with van der Waals surface area (Å²) in [5.74, 6) is 0. The van der Waals surface area contributed by atoms with Gasteiger partial charge in [0.05, 0.1) is 0 Å². The van der Waals surface area contributed by atoms with Crippen molar-refractivity contribution in [2.75, 3.05) is 0 Å². The summed E-state index contributed by atoms with van der Waals surface area (Å²) in [5.41, 5.74) is 24.0. The van der Waals surface area contributed by atoms with Gasteiger partial charge in [-0.25, -0.2) is 0 Å². The van der Waals surface area contributed by atoms with Crippen molar-refractivity contribution in [2.24, 2.45) is 0 Å². The fourth-order valence-corrected chi connectivity index (χ4v) is 40.3. The van der Waals surface area contributed by atoms with Gasteiger partial charge in [0.2, 0.25) is 0 Å². The van der Waals surface area contributed by atoms with E-state index in [1.54, 1.807) is 0 Å². The van der Waals surface area contributed by atoms with Crippen LogP contribution in [0.1, 0.15) is 0 Å². The van der Waals surface area contributed by atoms with Crippen LogP contribution in [-0.4, -0.2) is 87.0 Å². The number of hydrogen-bond donors (Lipinski definition) is 0. The second-order valence-electron chi connectivity index (χ2n) is 39.4. The molecule has 33 rings (SSSR count). The molecule has 0 spiro atoms. The van der Waals surface area contributed by atoms with E-state index >= 15 is 0 Å². The van der Waals surface area contributed by atoms with Crippen LogP contribution in [0.4, 0.5) is 0 Å². The van der Waals surface area contributed by atoms with Crippen molar-refractivity contribution < 1.29 is 0 Å². The third kappa shape index (κ3) is 14.2. The predicted molar refractivity (Wildman–Crippen MR) is 658 cm³/mol. The summed E-state index contributed by atoms with van der Waals surface area (Å²) < 4.78 is 17.9. The Kier molecular flexibility index (Phi) is 21.3. The number of fused-ring (bicyclic) bond motifs is 27. The quantitative estimate of drug-likeness (QED) is 0.0998. The second kappa shape index (κ2) is 36.1. The van der Waals surface area contributed by atoms with Crippen molar-refractivity contribution >= 4 is 300 Å². The second-order valence-corrected chi connectivity index (χ2v) is 52.7. The normalized spacial score (nSPS) is 12.0. The van der Waals surface area contributed by atoms with Crippen LogP contribution in [0.3, 0.4) is 0 Å². The van der Waals surface area contributed by atoms with Gasteiger partial charge in [-0.1, -0.05) is 0 Å². The summed E-state index contributed by atoms with van der Waals surface area (Å²) in [6.45, 7) is 0. The molecule has 0 saturated heterocycles. The van der Waals surface area contributed by atoms with Gasteiger partial charge in [-0.2, -0.15) is 0 Å². The molecule has 0 unspecified atom stereocenters. The summed E-state index contributed by atoms with van der Waals surface area (Å²) >= 11 is 1.49. The van der Waals surface area contributed by atoms with E-state index in [-0.39, 0.29) is 87.0 Å². The summed E-state index contributed by atoms with van der Waals surface area (Å²) in [4.78, 5) is 0. The SMILES string of the molecule is c1ccc2c(-c3c4cccc(-c5cccc6c5[se]c5ccccc56)c4cc4c(-c5cccc6c5[se]c5ccccc56)cccc34)cccc2c1.c1ccc2c(-c3cccc4c(-c5cccc6c5[se]c5ccccc56)c5cccc(-c6cccc7ccccc67)c5cc34)cccc2c1.c1ccc2c(c1)[se]c1c(-c3cccc4c(-c5cccc6c5[se]c5ccccc56)c5cccc(-c6cccc7c6[se]c6ccccc67)c5cc34)cccc12. The van der Waals surface area contributed by atoms with Crippen LogP contribution >= 0.6 is 0 Å². The van der Waals surface area contributed by atoms with Gasteiger partial charge in [0.1, 0.15) is 0 Å². The van der Waals surface area contributed by atoms with Crippen LogP contribution in [0.25, 0.3) is 313 Å². The molecule has 0 N–H and O–H groups in total. The molecule has 0 nitrogen and oxygen atoms in total. The van der Waals surface area contributed by atoms with E-state index in [0.29, 0.717) is 0 Å². The van der Waals surface area contributed by atoms with Crippen LogP contribution in [0.15, 0.2) is 510 Å². The van der Waals surface area contributed by atoms with Gasteiger partial charge in [0.25, 0.3) is 0 Å². The molecule has 0 radical (unpaired) electrons. The molecule has 0 aliphatic rings. The zero-order valence-corrected chi connectivity index (χ0v) is 91.2. The van der Waals surface area contributed by atoms with Crippen LogP contribution in [0, 0.1) is 0 Å². The summed E-state index contributed by atoms with van der Waals surface area (Å²) in [7, 11) is 0. The van der Waals surface area contributed by atoms with Crippen LogP contribution < -0.4 is 0 Å². The molecule has 33 aromatic rings. The maximum absolute atomic E-state index is 2.55. The molecule has 6 aromatic heterocycles. The Hall–Kier alpha value is -15.6. The van der Waals surface area contributed by atoms with Crippen LogP contribution in [0.2, 0.25) is 0 Å². The fraction of sp³-hybridized carbons (Fsp3) is 0. The standard InChI is InChI=1S/C50H28Se3.C48H28Se2.C46H28Se/c1-4-25-44-31(12-1)38-21-9-19-36(48(38)51-44)29-15-7-17-34-42(29)28-43-30(37-20-10-22-39-32-13-2-5-26-45(32)52-49(37)39)16-8-18-35(43)47(34)41-24-11-23-40-33-14-3-6-27-46(33)53-50(40)41;1-2-14-30-29(12-1)13-7-19-35(30)46-36-20-8-17-31(38-22-10-24-40-33-15-3-5-26-44(33)49-47(38)40)42(36)28-43-32(18-9-21-37(43)46)39-23-11-25-41-34-16-4-6-27-45(34)50-48(39)41;1-3-16-31-29(12-1)14-7-19-33(31)35-21-9-23-38-42(35)28-43-36(34-20-8-15-30-13-2-4-17-32(30)34)22-10-24-39(43)45(38)41-26-11-25-40-37-18-5-6-27-44(37)47-46(40)41/h1-28H;1-28H;1-28H. The molecule has 0 fully saturated rings. The molecule has 6 heterocycles. The van der Waals surface area contributed by atoms with E-state index in [4.69, 9.17) is 0 Å². The first-order chi connectivity index (χ1) is 74.4. The maximum atomic E-state index is 2.55. The van der Waals surface area contributed by atoms with Gasteiger partial charge in [-0.05, 0) is 0 Å². The molecule has 27 aromatic carbocycles. The Morgan fingerprint density at radius 3 is 0.467 bits per heavy atom. The first-order valence-electron chi connectivity index (χ1n) is 51.3. The first kappa shape index (κ1) is 88.5. The molecule has 0 aliphatic heterocycles. The first-order valence-corrected chi connectivity index (χ1v) is 61.6. The number of hydrogen-bond acceptors (Lipinski definition) is 0. The minimum atomic E-state index is 0.231. The van der Waals surface area contributed by atoms with Crippen molar-refractivity contribution in [3.05, 3.63) is 510 Å². The van der Waals surface area contributed by atoms with E-state index in [1.165, 1.54) is 313 Å². The fourth-order valence-electron chi connectivity index (χ4n) is 24.9. The third-order valence-corrected chi connectivity index (χ3v) is 46.8. The van der Waals surface area contributed by atoms with Gasteiger partial charge in [-0.3, -0.25) is 0 Å². The molecule has 0 saturated carbocycles. The Morgan fingerprint density at radius 2 is 0.227 bits per heavy atom. The molecule has 0 bridgehead atoms. The number of benzene rings is 27. The van der Waals surface area contributed by atoms with Crippen molar-refractivity contribution in [1.82, 2.24) is 0 Å². The average Bonchev–Trinajstić information content (AvgIpc) is 1.46. The monoisotopic (exact) mass is 2290 g/mol.